The van der Waals surface area contributed by atoms with Crippen LogP contribution in [0, 0.1) is 6.92 Å². The zero-order valence-corrected chi connectivity index (χ0v) is 19.9. The average Bonchev–Trinajstić information content (AvgIpc) is 2.95. The lowest BCUT2D eigenvalue weighted by Crippen LogP contribution is -2.27. The third-order valence-electron chi connectivity index (χ3n) is 4.93. The Hall–Kier alpha value is -3.61. The van der Waals surface area contributed by atoms with Gasteiger partial charge in [0.05, 0.1) is 28.4 Å². The van der Waals surface area contributed by atoms with E-state index in [4.69, 9.17) is 4.74 Å². The van der Waals surface area contributed by atoms with Crippen LogP contribution in [-0.4, -0.2) is 44.7 Å². The van der Waals surface area contributed by atoms with Crippen LogP contribution in [0.25, 0.3) is 5.69 Å². The van der Waals surface area contributed by atoms with E-state index in [9.17, 15) is 36.3 Å². The number of esters is 1. The molecule has 1 aromatic carbocycles. The first kappa shape index (κ1) is 26.0. The summed E-state index contributed by atoms with van der Waals surface area (Å²) in [6, 6.07) is 4.85. The Morgan fingerprint density at radius 1 is 1.11 bits per heavy atom. The molecule has 0 aliphatic rings. The molecule has 0 aliphatic heterocycles. The molecule has 3 rings (SSSR count). The number of pyridine rings is 1. The molecule has 0 unspecified atom stereocenters. The quantitative estimate of drug-likeness (QED) is 0.520. The summed E-state index contributed by atoms with van der Waals surface area (Å²) in [5, 5.41) is 10.6. The number of halogens is 3. The van der Waals surface area contributed by atoms with Crippen LogP contribution in [0.3, 0.4) is 0 Å². The lowest BCUT2D eigenvalue weighted by molar-refractivity contribution is -0.0436. The van der Waals surface area contributed by atoms with Gasteiger partial charge in [0.25, 0.3) is 9.84 Å². The maximum atomic E-state index is 13.1. The number of ether oxygens (including phenoxy) is 1. The molecule has 2 aromatic heterocycles. The van der Waals surface area contributed by atoms with Gasteiger partial charge in [0.2, 0.25) is 5.88 Å². The minimum atomic E-state index is -5.57. The Morgan fingerprint density at radius 2 is 1.71 bits per heavy atom. The molecule has 3 aromatic rings. The number of benzene rings is 1. The van der Waals surface area contributed by atoms with Crippen LogP contribution in [-0.2, 0) is 21.1 Å². The monoisotopic (exact) mass is 513 g/mol. The van der Waals surface area contributed by atoms with E-state index in [2.05, 4.69) is 4.98 Å². The van der Waals surface area contributed by atoms with E-state index >= 15 is 0 Å². The number of alkyl halides is 3. The summed E-state index contributed by atoms with van der Waals surface area (Å²) in [4.78, 5) is 28.6. The molecule has 0 fully saturated rings. The molecule has 35 heavy (non-hydrogen) atoms. The molecule has 9 nitrogen and oxygen atoms in total. The highest BCUT2D eigenvalue weighted by molar-refractivity contribution is 7.92. The molecular formula is C22H22F3N3O6S. The molecule has 0 saturated carbocycles. The van der Waals surface area contributed by atoms with Crippen molar-refractivity contribution in [2.75, 3.05) is 0 Å². The minimum Gasteiger partial charge on any atom is -0.493 e. The lowest BCUT2D eigenvalue weighted by atomic mass is 10.1. The first-order valence-electron chi connectivity index (χ1n) is 10.1. The van der Waals surface area contributed by atoms with Crippen LogP contribution in [0.2, 0.25) is 0 Å². The van der Waals surface area contributed by atoms with Gasteiger partial charge in [0.1, 0.15) is 5.60 Å². The topological polar surface area (TPSA) is 120 Å². The number of hydrogen-bond donors (Lipinski definition) is 1. The van der Waals surface area contributed by atoms with E-state index in [-0.39, 0.29) is 23.5 Å². The van der Waals surface area contributed by atoms with Crippen LogP contribution in [0.1, 0.15) is 42.4 Å². The molecule has 0 amide bonds. The third-order valence-corrected chi connectivity index (χ3v) is 6.43. The highest BCUT2D eigenvalue weighted by atomic mass is 32.2. The molecule has 13 heteroatoms. The molecule has 0 bridgehead atoms. The van der Waals surface area contributed by atoms with Gasteiger partial charge in [-0.05, 0) is 63.6 Å². The van der Waals surface area contributed by atoms with E-state index < -0.39 is 43.4 Å². The van der Waals surface area contributed by atoms with Crippen molar-refractivity contribution < 1.29 is 36.2 Å². The van der Waals surface area contributed by atoms with Crippen LogP contribution in [0.15, 0.2) is 52.4 Å². The number of carbonyl (C=O) groups excluding carboxylic acids is 1. The zero-order chi connectivity index (χ0) is 26.3. The van der Waals surface area contributed by atoms with E-state index in [1.54, 1.807) is 20.8 Å². The van der Waals surface area contributed by atoms with Crippen molar-refractivity contribution in [3.05, 3.63) is 70.0 Å². The van der Waals surface area contributed by atoms with E-state index in [0.717, 1.165) is 21.3 Å². The summed E-state index contributed by atoms with van der Waals surface area (Å²) in [5.74, 6) is -1.16. The Balaban J connectivity index is 2.02. The maximum absolute atomic E-state index is 13.1. The molecule has 188 valence electrons. The summed E-state index contributed by atoms with van der Waals surface area (Å²) >= 11 is 0. The van der Waals surface area contributed by atoms with E-state index in [0.29, 0.717) is 17.7 Å². The first-order chi connectivity index (χ1) is 16.0. The summed E-state index contributed by atoms with van der Waals surface area (Å²) in [5.41, 5.74) is -6.48. The minimum absolute atomic E-state index is 0.0578. The predicted molar refractivity (Wildman–Crippen MR) is 118 cm³/mol. The number of carbonyl (C=O) groups is 1. The number of aromatic nitrogens is 3. The van der Waals surface area contributed by atoms with Gasteiger partial charge in [-0.3, -0.25) is 9.55 Å². The fraction of sp³-hybridized carbons (Fsp3) is 0.318. The number of aromatic hydroxyl groups is 1. The second kappa shape index (κ2) is 8.87. The summed E-state index contributed by atoms with van der Waals surface area (Å²) in [6.45, 7) is 6.36. The average molecular weight is 513 g/mol. The van der Waals surface area contributed by atoms with E-state index in [1.165, 1.54) is 25.4 Å². The number of sulfone groups is 1. The second-order valence-corrected chi connectivity index (χ2v) is 10.5. The smallest absolute Gasteiger partial charge is 0.493 e. The Kier molecular flexibility index (Phi) is 6.59. The van der Waals surface area contributed by atoms with Crippen LogP contribution in [0.5, 0.6) is 5.88 Å². The number of imidazole rings is 1. The van der Waals surface area contributed by atoms with Crippen molar-refractivity contribution in [2.24, 2.45) is 0 Å². The number of hydrogen-bond acceptors (Lipinski definition) is 7. The van der Waals surface area contributed by atoms with Crippen LogP contribution in [0.4, 0.5) is 13.2 Å². The van der Waals surface area contributed by atoms with Gasteiger partial charge in [0, 0.05) is 12.4 Å². The maximum Gasteiger partial charge on any atom is 0.501 e. The predicted octanol–water partition coefficient (Wildman–Crippen LogP) is 3.35. The highest BCUT2D eigenvalue weighted by Gasteiger charge is 2.46. The van der Waals surface area contributed by atoms with Crippen molar-refractivity contribution in [1.29, 1.82) is 0 Å². The molecular weight excluding hydrogens is 491 g/mol. The summed E-state index contributed by atoms with van der Waals surface area (Å²) in [7, 11) is -5.57. The van der Waals surface area contributed by atoms with Gasteiger partial charge < -0.3 is 9.84 Å². The van der Waals surface area contributed by atoms with Gasteiger partial charge in [-0.15, -0.1) is 0 Å². The van der Waals surface area contributed by atoms with Crippen molar-refractivity contribution in [1.82, 2.24) is 14.1 Å². The summed E-state index contributed by atoms with van der Waals surface area (Å²) in [6.07, 6.45) is 2.71. The van der Waals surface area contributed by atoms with Crippen molar-refractivity contribution in [3.8, 4) is 11.6 Å². The van der Waals surface area contributed by atoms with Crippen LogP contribution < -0.4 is 5.69 Å². The fourth-order valence-corrected chi connectivity index (χ4v) is 3.97. The van der Waals surface area contributed by atoms with Crippen molar-refractivity contribution in [3.63, 3.8) is 0 Å². The van der Waals surface area contributed by atoms with Crippen LogP contribution >= 0.6 is 0 Å². The second-order valence-electron chi connectivity index (χ2n) is 8.59. The molecule has 0 spiro atoms. The molecule has 0 aliphatic carbocycles. The molecule has 1 N–H and O–H groups in total. The SMILES string of the molecule is Cc1c(O)n(-c2ccc(S(=O)(=O)C(F)(F)F)cc2)c(=O)n1Cc1ccncc1C(=O)OC(C)(C)C. The van der Waals surface area contributed by atoms with Crippen molar-refractivity contribution >= 4 is 15.8 Å². The first-order valence-corrected chi connectivity index (χ1v) is 11.6. The molecule has 0 saturated heterocycles. The van der Waals surface area contributed by atoms with Gasteiger partial charge >= 0.3 is 17.2 Å². The van der Waals surface area contributed by atoms with Gasteiger partial charge in [-0.1, -0.05) is 0 Å². The van der Waals surface area contributed by atoms with Gasteiger partial charge in [-0.2, -0.15) is 13.2 Å². The zero-order valence-electron chi connectivity index (χ0n) is 19.1. The summed E-state index contributed by atoms with van der Waals surface area (Å²) < 4.78 is 68.9. The Morgan fingerprint density at radius 3 is 2.26 bits per heavy atom. The van der Waals surface area contributed by atoms with E-state index in [1.807, 2.05) is 0 Å². The molecule has 0 radical (unpaired) electrons. The normalized spacial score (nSPS) is 12.5. The third kappa shape index (κ3) is 5.09. The number of rotatable bonds is 5. The molecule has 2 heterocycles. The molecule has 0 atom stereocenters. The highest BCUT2D eigenvalue weighted by Crippen LogP contribution is 2.31. The largest absolute Gasteiger partial charge is 0.501 e. The Labute approximate surface area is 198 Å². The Bertz CT molecular complexity index is 1430. The van der Waals surface area contributed by atoms with Gasteiger partial charge in [0.15, 0.2) is 0 Å². The lowest BCUT2D eigenvalue weighted by Gasteiger charge is -2.20. The van der Waals surface area contributed by atoms with Crippen molar-refractivity contribution in [2.45, 2.75) is 50.2 Å². The van der Waals surface area contributed by atoms with Gasteiger partial charge in [-0.25, -0.2) is 22.6 Å². The fourth-order valence-electron chi connectivity index (χ4n) is 3.21. The number of nitrogens with zero attached hydrogens (tertiary/aromatic N) is 3. The standard InChI is InChI=1S/C22H22F3N3O6S/c1-13-18(29)28(15-5-7-16(8-6-15)35(32,33)22(23,24)25)20(31)27(13)12-14-9-10-26-11-17(14)19(30)34-21(2,3)4/h5-11,29H,12H2,1-4H3.